The molecule has 89 heavy (non-hydrogen) atoms. The van der Waals surface area contributed by atoms with Crippen LogP contribution in [0.5, 0.6) is 0 Å². The zero-order chi connectivity index (χ0) is 66.6. The molecule has 4 bridgehead atoms. The van der Waals surface area contributed by atoms with Gasteiger partial charge in [0.25, 0.3) is 0 Å². The molecule has 4 saturated heterocycles. The van der Waals surface area contributed by atoms with Crippen molar-refractivity contribution in [3.05, 3.63) is 35.5 Å². The third kappa shape index (κ3) is 20.4. The average Bonchev–Trinajstić information content (AvgIpc) is 1.54. The van der Waals surface area contributed by atoms with E-state index in [1.54, 1.807) is 65.8 Å². The Labute approximate surface area is 526 Å². The molecule has 1 amide bonds. The summed E-state index contributed by atoms with van der Waals surface area (Å²) < 4.78 is 43.4. The van der Waals surface area contributed by atoms with Crippen LogP contribution in [-0.2, 0) is 42.7 Å². The smallest absolute Gasteiger partial charge is 0.333 e. The summed E-state index contributed by atoms with van der Waals surface area (Å²) >= 11 is 0. The van der Waals surface area contributed by atoms with Crippen molar-refractivity contribution in [1.82, 2.24) is 5.32 Å². The Morgan fingerprint density at radius 2 is 1.46 bits per heavy atom. The Morgan fingerprint density at radius 1 is 0.798 bits per heavy atom. The molecule has 24 nitrogen and oxygen atoms in total. The van der Waals surface area contributed by atoms with Crippen LogP contribution in [0.25, 0.3) is 0 Å². The van der Waals surface area contributed by atoms with Crippen LogP contribution in [0.1, 0.15) is 173 Å². The van der Waals surface area contributed by atoms with Gasteiger partial charge < -0.3 is 110 Å². The molecule has 0 aromatic rings. The summed E-state index contributed by atoms with van der Waals surface area (Å²) in [5.74, 6) is -7.30. The van der Waals surface area contributed by atoms with Crippen LogP contribution in [0.4, 0.5) is 0 Å². The lowest BCUT2D eigenvalue weighted by Crippen LogP contribution is -2.63. The van der Waals surface area contributed by atoms with Crippen LogP contribution in [-0.4, -0.2) is 236 Å². The van der Waals surface area contributed by atoms with Crippen molar-refractivity contribution in [3.8, 4) is 0 Å². The van der Waals surface area contributed by atoms with Gasteiger partial charge >= 0.3 is 5.97 Å². The molecule has 0 saturated carbocycles. The highest BCUT2D eigenvalue weighted by atomic mass is 16.7. The maximum Gasteiger partial charge on any atom is 0.333 e. The van der Waals surface area contributed by atoms with Crippen molar-refractivity contribution >= 4 is 11.9 Å². The molecule has 0 aliphatic carbocycles. The lowest BCUT2D eigenvalue weighted by molar-refractivity contribution is -0.338. The number of aliphatic hydroxyl groups excluding tert-OH is 13. The first-order valence-corrected chi connectivity index (χ1v) is 32.7. The van der Waals surface area contributed by atoms with Crippen LogP contribution in [0, 0.1) is 35.5 Å². The molecular weight excluding hydrogens is 1160 g/mol. The van der Waals surface area contributed by atoms with Gasteiger partial charge in [-0.3, -0.25) is 4.79 Å². The third-order valence-electron chi connectivity index (χ3n) is 19.9. The lowest BCUT2D eigenvalue weighted by Gasteiger charge is -2.47. The van der Waals surface area contributed by atoms with E-state index >= 15 is 0 Å². The van der Waals surface area contributed by atoms with E-state index in [9.17, 15) is 81.1 Å². The number of hydrogen-bond acceptors (Lipinski definition) is 23. The zero-order valence-corrected chi connectivity index (χ0v) is 54.5. The molecule has 30 atom stereocenters. The van der Waals surface area contributed by atoms with Gasteiger partial charge in [-0.25, -0.2) is 4.79 Å². The normalized spacial score (nSPS) is 43.9. The van der Waals surface area contributed by atoms with Gasteiger partial charge in [0.1, 0.15) is 42.7 Å². The van der Waals surface area contributed by atoms with Gasteiger partial charge in [0.15, 0.2) is 18.4 Å². The highest BCUT2D eigenvalue weighted by Crippen LogP contribution is 2.41. The summed E-state index contributed by atoms with van der Waals surface area (Å²) in [5.41, 5.74) is -0.477. The topological polar surface area (TPSA) is 394 Å². The number of carbonyl (C=O) groups is 2. The summed E-state index contributed by atoms with van der Waals surface area (Å²) in [6, 6.07) is 0. The molecule has 5 heterocycles. The fourth-order valence-corrected chi connectivity index (χ4v) is 13.5. The SMILES string of the molecule is CCC[C@@H](O[C@H]1C[C@](C)(NC(C)=O)[C@H](O)[C@H](C)O1)[C@@H](C)[C@@H](O)[C@@H](/C=C/[C@H](O)[C@@H](C)[C@@H]1C/C=C(\C)[C@@H](O)[C@@H](C)[C@H](O[C@@H]2O[C@H](CO)[C@@H](O)[C@H](O)[C@@H]2O)C[C@@H](O)[C@@H](C)[C@H](O)C[C@@H]2C[C@H](O)[C@@H](O)[C@](O)(C[C@H]3O[C@H](CC[C@@H]3C)C[C@@H](O)C/C=C(\CC)C(=O)O1)O2)CC. The second kappa shape index (κ2) is 34.7. The van der Waals surface area contributed by atoms with Crippen molar-refractivity contribution in [1.29, 1.82) is 0 Å². The first-order valence-electron chi connectivity index (χ1n) is 32.7. The van der Waals surface area contributed by atoms with E-state index in [2.05, 4.69) is 5.32 Å². The van der Waals surface area contributed by atoms with E-state index in [-0.39, 0.29) is 75.2 Å². The Morgan fingerprint density at radius 3 is 2.09 bits per heavy atom. The predicted molar refractivity (Wildman–Crippen MR) is 324 cm³/mol. The molecule has 5 rings (SSSR count). The molecule has 15 N–H and O–H groups in total. The number of hydrogen-bond donors (Lipinski definition) is 15. The quantitative estimate of drug-likeness (QED) is 0.0731. The van der Waals surface area contributed by atoms with Crippen molar-refractivity contribution in [2.75, 3.05) is 6.61 Å². The molecule has 516 valence electrons. The number of ether oxygens (including phenoxy) is 7. The minimum atomic E-state index is -2.33. The van der Waals surface area contributed by atoms with Gasteiger partial charge in [-0.05, 0) is 77.2 Å². The Hall–Kier alpha value is -2.64. The number of cyclic esters (lactones) is 1. The molecule has 0 aromatic heterocycles. The fourth-order valence-electron chi connectivity index (χ4n) is 13.5. The standard InChI is InChI=1S/C65H113NO23/c1-13-16-49(85-54-30-64(12,66-39(11)68)60(79)38(10)83-54)36(8)56(75)40(14-2)20-23-45(70)35(7)50-24-18-33(5)55(74)37(9)51(87-63-59(78)58(77)57(76)53(31-67)88-63)28-47(72)34(6)46(71)26-44-27-48(73)61(80)65(82,89-44)29-52-32(4)17-22-43(84-52)25-42(69)21-19-41(15-3)62(81)86-50/h18-20,23,32,34-38,40,42-61,63,67,69-80,82H,13-17,21-22,24-31H2,1-12H3,(H,66,68)/b23-20+,33-18+,41-19+/t32-,34-,35+,36+,37-,38-,40+,42-,43+,44+,45-,46+,47+,48-,49+,50-,51+,52+,53+,54-,55+,56+,57+,58-,59-,60+,61+,63+,64-,65-/m0/s1. The monoisotopic (exact) mass is 1280 g/mol. The molecule has 4 fully saturated rings. The van der Waals surface area contributed by atoms with Gasteiger partial charge in [0, 0.05) is 80.6 Å². The molecule has 24 heteroatoms. The van der Waals surface area contributed by atoms with E-state index in [0.717, 1.165) is 0 Å². The van der Waals surface area contributed by atoms with Crippen molar-refractivity contribution in [2.45, 2.75) is 319 Å². The number of amides is 1. The molecule has 0 spiro atoms. The largest absolute Gasteiger partial charge is 0.458 e. The summed E-state index contributed by atoms with van der Waals surface area (Å²) in [6.45, 7) is 19.9. The number of esters is 1. The van der Waals surface area contributed by atoms with Crippen molar-refractivity contribution < 1.29 is 114 Å². The molecule has 0 aromatic carbocycles. The van der Waals surface area contributed by atoms with E-state index in [0.29, 0.717) is 37.7 Å². The Bertz CT molecular complexity index is 2260. The van der Waals surface area contributed by atoms with Gasteiger partial charge in [0.2, 0.25) is 5.91 Å². The minimum absolute atomic E-state index is 0.0319. The van der Waals surface area contributed by atoms with Crippen LogP contribution < -0.4 is 5.32 Å². The maximum absolute atomic E-state index is 14.3. The molecule has 0 unspecified atom stereocenters. The van der Waals surface area contributed by atoms with Gasteiger partial charge in [-0.2, -0.15) is 0 Å². The maximum atomic E-state index is 14.3. The fraction of sp³-hybridized carbons (Fsp3) is 0.877. The number of aliphatic hydroxyl groups is 14. The number of nitrogens with one attached hydrogen (secondary N) is 1. The summed E-state index contributed by atoms with van der Waals surface area (Å²) in [6.07, 6.45) is -17.9. The molecule has 0 radical (unpaired) electrons. The van der Waals surface area contributed by atoms with Crippen molar-refractivity contribution in [2.24, 2.45) is 35.5 Å². The zero-order valence-electron chi connectivity index (χ0n) is 54.5. The minimum Gasteiger partial charge on any atom is -0.458 e. The number of rotatable bonds is 17. The molecular formula is C65H113NO23. The third-order valence-corrected chi connectivity index (χ3v) is 19.9. The van der Waals surface area contributed by atoms with Crippen LogP contribution in [0.3, 0.4) is 0 Å². The number of fused-ring (bicyclic) bond motifs is 4. The van der Waals surface area contributed by atoms with E-state index in [1.807, 2.05) is 27.7 Å². The van der Waals surface area contributed by atoms with Gasteiger partial charge in [-0.15, -0.1) is 0 Å². The highest BCUT2D eigenvalue weighted by Gasteiger charge is 2.52. The molecule has 5 aliphatic rings. The van der Waals surface area contributed by atoms with E-state index in [4.69, 9.17) is 33.2 Å². The lowest BCUT2D eigenvalue weighted by atomic mass is 9.82. The Kier molecular flexibility index (Phi) is 30.0. The van der Waals surface area contributed by atoms with Gasteiger partial charge in [0.05, 0.1) is 91.5 Å². The second-order valence-electron chi connectivity index (χ2n) is 27.0. The Balaban J connectivity index is 1.48. The van der Waals surface area contributed by atoms with E-state index in [1.165, 1.54) is 13.8 Å². The molecule has 5 aliphatic heterocycles. The summed E-state index contributed by atoms with van der Waals surface area (Å²) in [5, 5.41) is 162. The van der Waals surface area contributed by atoms with Gasteiger partial charge in [-0.1, -0.05) is 86.1 Å². The first-order chi connectivity index (χ1) is 41.7. The predicted octanol–water partition coefficient (Wildman–Crippen LogP) is 1.97. The summed E-state index contributed by atoms with van der Waals surface area (Å²) in [7, 11) is 0. The van der Waals surface area contributed by atoms with Crippen LogP contribution in [0.2, 0.25) is 0 Å². The van der Waals surface area contributed by atoms with Crippen LogP contribution >= 0.6 is 0 Å². The summed E-state index contributed by atoms with van der Waals surface area (Å²) in [4.78, 5) is 26.5. The first kappa shape index (κ1) is 77.1. The second-order valence-corrected chi connectivity index (χ2v) is 27.0. The van der Waals surface area contributed by atoms with Crippen molar-refractivity contribution in [3.63, 3.8) is 0 Å². The number of carbonyl (C=O) groups excluding carboxylic acids is 2. The average molecular weight is 1280 g/mol. The highest BCUT2D eigenvalue weighted by molar-refractivity contribution is 5.88. The van der Waals surface area contributed by atoms with Crippen LogP contribution in [0.15, 0.2) is 35.5 Å². The van der Waals surface area contributed by atoms with E-state index < -0.39 is 188 Å².